The molecule has 160 valence electrons. The summed E-state index contributed by atoms with van der Waals surface area (Å²) in [4.78, 5) is 3.67. The minimum Gasteiger partial charge on any atom is -0.437 e. The van der Waals surface area contributed by atoms with Crippen LogP contribution in [0.4, 0.5) is 17.6 Å². The molecule has 0 saturated heterocycles. The molecular formula is C17H24F4N2O4S. The number of ether oxygens (including phenoxy) is 1. The van der Waals surface area contributed by atoms with Gasteiger partial charge in [-0.05, 0) is 38.5 Å². The van der Waals surface area contributed by atoms with Gasteiger partial charge in [-0.2, -0.15) is 13.2 Å². The Morgan fingerprint density at radius 1 is 1.14 bits per heavy atom. The number of sulfonamides is 1. The second-order valence-electron chi connectivity index (χ2n) is 7.62. The summed E-state index contributed by atoms with van der Waals surface area (Å²) in [6.45, 7) is 0. The molecule has 0 amide bonds. The number of nitrogens with zero attached hydrogens (tertiary/aromatic N) is 1. The lowest BCUT2D eigenvalue weighted by Crippen LogP contribution is -2.32. The first-order chi connectivity index (χ1) is 13.0. The normalized spacial score (nSPS) is 32.4. The Morgan fingerprint density at radius 2 is 1.79 bits per heavy atom. The van der Waals surface area contributed by atoms with Gasteiger partial charge in [-0.1, -0.05) is 0 Å². The first-order valence-electron chi connectivity index (χ1n) is 9.27. The number of halogens is 4. The lowest BCUT2D eigenvalue weighted by Gasteiger charge is -2.31. The highest BCUT2D eigenvalue weighted by Crippen LogP contribution is 2.45. The van der Waals surface area contributed by atoms with E-state index in [4.69, 9.17) is 14.3 Å². The zero-order valence-electron chi connectivity index (χ0n) is 15.4. The summed E-state index contributed by atoms with van der Waals surface area (Å²) in [5, 5.41) is 4.46. The number of hydrogen-bond acceptors (Lipinski definition) is 5. The fourth-order valence-corrected chi connectivity index (χ4v) is 5.21. The van der Waals surface area contributed by atoms with Crippen LogP contribution >= 0.6 is 0 Å². The fourth-order valence-electron chi connectivity index (χ4n) is 4.28. The van der Waals surface area contributed by atoms with Crippen molar-refractivity contribution >= 4 is 10.0 Å². The Morgan fingerprint density at radius 3 is 2.29 bits per heavy atom. The van der Waals surface area contributed by atoms with Crippen molar-refractivity contribution in [2.45, 2.75) is 80.5 Å². The van der Waals surface area contributed by atoms with E-state index in [0.717, 1.165) is 0 Å². The number of rotatable bonds is 4. The number of alkyl halides is 4. The van der Waals surface area contributed by atoms with E-state index in [9.17, 15) is 26.0 Å². The molecular weight excluding hydrogens is 404 g/mol. The highest BCUT2D eigenvalue weighted by atomic mass is 32.2. The second-order valence-corrected chi connectivity index (χ2v) is 9.47. The molecule has 2 aliphatic rings. The monoisotopic (exact) mass is 428 g/mol. The molecule has 1 aromatic heterocycles. The fraction of sp³-hybridized carbons (Fsp3) is 0.824. The van der Waals surface area contributed by atoms with Crippen LogP contribution in [0.2, 0.25) is 0 Å². The SMILES string of the molecule is COC1CCC(c2oc(C(F)(F)F)nc2C2CCC(S(N)(=O)=O)CC2)C(F)C1. The van der Waals surface area contributed by atoms with E-state index < -0.39 is 45.3 Å². The Labute approximate surface area is 160 Å². The molecule has 2 aliphatic carbocycles. The van der Waals surface area contributed by atoms with Crippen molar-refractivity contribution in [2.24, 2.45) is 5.14 Å². The second kappa shape index (κ2) is 7.91. The minimum atomic E-state index is -4.78. The molecule has 6 nitrogen and oxygen atoms in total. The summed E-state index contributed by atoms with van der Waals surface area (Å²) in [7, 11) is -2.22. The van der Waals surface area contributed by atoms with Gasteiger partial charge in [0.1, 0.15) is 11.9 Å². The van der Waals surface area contributed by atoms with Crippen LogP contribution in [-0.4, -0.2) is 38.0 Å². The third-order valence-electron chi connectivity index (χ3n) is 5.84. The predicted molar refractivity (Wildman–Crippen MR) is 91.9 cm³/mol. The number of aromatic nitrogens is 1. The van der Waals surface area contributed by atoms with Crippen LogP contribution < -0.4 is 5.14 Å². The van der Waals surface area contributed by atoms with E-state index in [-0.39, 0.29) is 36.8 Å². The number of hydrogen-bond donors (Lipinski definition) is 1. The van der Waals surface area contributed by atoms with Gasteiger partial charge in [0.2, 0.25) is 10.0 Å². The first-order valence-corrected chi connectivity index (χ1v) is 10.9. The number of oxazole rings is 1. The van der Waals surface area contributed by atoms with Gasteiger partial charge in [-0.3, -0.25) is 0 Å². The maximum atomic E-state index is 14.7. The minimum absolute atomic E-state index is 0.0616. The van der Waals surface area contributed by atoms with Crippen molar-refractivity contribution < 1.29 is 35.1 Å². The molecule has 3 unspecified atom stereocenters. The molecule has 2 fully saturated rings. The topological polar surface area (TPSA) is 95.4 Å². The lowest BCUT2D eigenvalue weighted by molar-refractivity contribution is -0.157. The number of methoxy groups -OCH3 is 1. The van der Waals surface area contributed by atoms with Crippen LogP contribution in [0.1, 0.15) is 74.1 Å². The molecule has 2 saturated carbocycles. The van der Waals surface area contributed by atoms with Crippen LogP contribution in [0.3, 0.4) is 0 Å². The van der Waals surface area contributed by atoms with Crippen LogP contribution in [0.25, 0.3) is 0 Å². The largest absolute Gasteiger partial charge is 0.468 e. The molecule has 0 aliphatic heterocycles. The van der Waals surface area contributed by atoms with Gasteiger partial charge >= 0.3 is 12.1 Å². The smallest absolute Gasteiger partial charge is 0.437 e. The molecule has 1 aromatic rings. The predicted octanol–water partition coefficient (Wildman–Crippen LogP) is 3.63. The van der Waals surface area contributed by atoms with Crippen LogP contribution in [0.15, 0.2) is 4.42 Å². The molecule has 3 atom stereocenters. The van der Waals surface area contributed by atoms with E-state index in [0.29, 0.717) is 25.7 Å². The van der Waals surface area contributed by atoms with E-state index in [2.05, 4.69) is 4.98 Å². The first kappa shape index (κ1) is 21.5. The van der Waals surface area contributed by atoms with E-state index in [1.54, 1.807) is 0 Å². The van der Waals surface area contributed by atoms with Gasteiger partial charge in [0.25, 0.3) is 0 Å². The van der Waals surface area contributed by atoms with Crippen LogP contribution in [0.5, 0.6) is 0 Å². The molecule has 0 bridgehead atoms. The van der Waals surface area contributed by atoms with Crippen molar-refractivity contribution in [3.63, 3.8) is 0 Å². The molecule has 11 heteroatoms. The summed E-state index contributed by atoms with van der Waals surface area (Å²) in [6, 6.07) is 0. The molecule has 0 spiro atoms. The van der Waals surface area contributed by atoms with E-state index in [1.165, 1.54) is 7.11 Å². The van der Waals surface area contributed by atoms with E-state index in [1.807, 2.05) is 0 Å². The third-order valence-corrected chi connectivity index (χ3v) is 7.24. The zero-order chi connectivity index (χ0) is 20.7. The average molecular weight is 428 g/mol. The maximum Gasteiger partial charge on any atom is 0.468 e. The number of nitrogens with two attached hydrogens (primary N) is 1. The lowest BCUT2D eigenvalue weighted by atomic mass is 9.79. The zero-order valence-corrected chi connectivity index (χ0v) is 16.2. The van der Waals surface area contributed by atoms with Crippen molar-refractivity contribution in [1.82, 2.24) is 4.98 Å². The van der Waals surface area contributed by atoms with Crippen LogP contribution in [-0.2, 0) is 20.9 Å². The summed E-state index contributed by atoms with van der Waals surface area (Å²) >= 11 is 0. The van der Waals surface area contributed by atoms with Crippen LogP contribution in [0, 0.1) is 0 Å². The Kier molecular flexibility index (Phi) is 6.07. The number of primary sulfonamides is 1. The maximum absolute atomic E-state index is 14.7. The van der Waals surface area contributed by atoms with Crippen molar-refractivity contribution in [3.05, 3.63) is 17.3 Å². The molecule has 0 aromatic carbocycles. The molecule has 28 heavy (non-hydrogen) atoms. The summed E-state index contributed by atoms with van der Waals surface area (Å²) in [6.07, 6.45) is -4.48. The average Bonchev–Trinajstić information content (AvgIpc) is 3.06. The van der Waals surface area contributed by atoms with Crippen molar-refractivity contribution in [2.75, 3.05) is 7.11 Å². The molecule has 2 N–H and O–H groups in total. The standard InChI is InChI=1S/C17H24F4N2O4S/c1-26-10-4-7-12(13(18)8-10)15-14(23-16(27-15)17(19,20)21)9-2-5-11(6-3-9)28(22,24)25/h9-13H,2-8H2,1H3,(H2,22,24,25). The Bertz CT molecular complexity index is 788. The Hall–Kier alpha value is -1.20. The summed E-state index contributed by atoms with van der Waals surface area (Å²) in [5.41, 5.74) is 0.101. The molecule has 1 heterocycles. The van der Waals surface area contributed by atoms with Gasteiger partial charge in [-0.15, -0.1) is 0 Å². The van der Waals surface area contributed by atoms with Crippen molar-refractivity contribution in [3.8, 4) is 0 Å². The summed E-state index contributed by atoms with van der Waals surface area (Å²) in [5.74, 6) is -2.68. The van der Waals surface area contributed by atoms with Gasteiger partial charge < -0.3 is 9.15 Å². The van der Waals surface area contributed by atoms with Crippen molar-refractivity contribution in [1.29, 1.82) is 0 Å². The van der Waals surface area contributed by atoms with E-state index >= 15 is 0 Å². The van der Waals surface area contributed by atoms with Gasteiger partial charge in [0.15, 0.2) is 0 Å². The highest BCUT2D eigenvalue weighted by Gasteiger charge is 2.44. The summed E-state index contributed by atoms with van der Waals surface area (Å²) < 4.78 is 87.5. The van der Waals surface area contributed by atoms with Gasteiger partial charge in [0, 0.05) is 19.4 Å². The van der Waals surface area contributed by atoms with Gasteiger partial charge in [0.05, 0.1) is 23.0 Å². The quantitative estimate of drug-likeness (QED) is 0.739. The van der Waals surface area contributed by atoms with Gasteiger partial charge in [-0.25, -0.2) is 22.9 Å². The molecule has 0 radical (unpaired) electrons. The highest BCUT2D eigenvalue weighted by molar-refractivity contribution is 7.89. The molecule has 3 rings (SSSR count). The third kappa shape index (κ3) is 4.51. The Balaban J connectivity index is 1.87.